The molecule has 0 saturated carbocycles. The van der Waals surface area contributed by atoms with Crippen molar-refractivity contribution in [3.8, 4) is 5.75 Å². The van der Waals surface area contributed by atoms with Gasteiger partial charge in [0.1, 0.15) is 11.6 Å². The minimum Gasteiger partial charge on any atom is -0.482 e. The van der Waals surface area contributed by atoms with Crippen molar-refractivity contribution in [2.45, 2.75) is 0 Å². The highest BCUT2D eigenvalue weighted by atomic mass is 19.1. The molecular weight excluding hydrogens is 337 g/mol. The van der Waals surface area contributed by atoms with Crippen molar-refractivity contribution < 1.29 is 23.5 Å². The summed E-state index contributed by atoms with van der Waals surface area (Å²) in [5.74, 6) is -1.20. The molecule has 0 aliphatic rings. The minimum absolute atomic E-state index is 0.337. The van der Waals surface area contributed by atoms with Gasteiger partial charge in [-0.1, -0.05) is 30.3 Å². The second-order valence-corrected chi connectivity index (χ2v) is 5.51. The Bertz CT molecular complexity index is 925. The highest BCUT2D eigenvalue weighted by Gasteiger charge is 2.09. The van der Waals surface area contributed by atoms with Gasteiger partial charge in [-0.3, -0.25) is 4.79 Å². The molecule has 3 aromatic carbocycles. The van der Waals surface area contributed by atoms with Crippen LogP contribution < -0.4 is 10.1 Å². The van der Waals surface area contributed by atoms with Gasteiger partial charge in [0.2, 0.25) is 0 Å². The number of amides is 1. The van der Waals surface area contributed by atoms with E-state index in [9.17, 15) is 14.0 Å². The van der Waals surface area contributed by atoms with E-state index < -0.39 is 24.3 Å². The molecule has 1 amide bonds. The van der Waals surface area contributed by atoms with Gasteiger partial charge >= 0.3 is 5.97 Å². The van der Waals surface area contributed by atoms with Crippen LogP contribution in [-0.2, 0) is 14.3 Å². The smallest absolute Gasteiger partial charge is 0.344 e. The Morgan fingerprint density at radius 1 is 0.885 bits per heavy atom. The summed E-state index contributed by atoms with van der Waals surface area (Å²) in [5.41, 5.74) is 0.618. The number of rotatable bonds is 6. The Morgan fingerprint density at radius 2 is 1.62 bits per heavy atom. The van der Waals surface area contributed by atoms with E-state index >= 15 is 0 Å². The number of nitrogens with one attached hydrogen (secondary N) is 1. The fraction of sp³-hybridized carbons (Fsp3) is 0.100. The van der Waals surface area contributed by atoms with Crippen LogP contribution in [0.15, 0.2) is 66.7 Å². The van der Waals surface area contributed by atoms with Crippen LogP contribution in [-0.4, -0.2) is 25.1 Å². The van der Waals surface area contributed by atoms with Gasteiger partial charge in [-0.25, -0.2) is 9.18 Å². The summed E-state index contributed by atoms with van der Waals surface area (Å²) in [7, 11) is 0. The van der Waals surface area contributed by atoms with Crippen molar-refractivity contribution in [3.05, 3.63) is 72.5 Å². The number of fused-ring (bicyclic) bond motifs is 1. The third-order valence-electron chi connectivity index (χ3n) is 3.57. The van der Waals surface area contributed by atoms with Crippen molar-refractivity contribution >= 4 is 28.3 Å². The fourth-order valence-corrected chi connectivity index (χ4v) is 2.32. The van der Waals surface area contributed by atoms with Crippen molar-refractivity contribution in [1.29, 1.82) is 0 Å². The number of anilines is 1. The number of carbonyl (C=O) groups excluding carboxylic acids is 2. The van der Waals surface area contributed by atoms with E-state index in [0.29, 0.717) is 11.4 Å². The molecule has 1 N–H and O–H groups in total. The van der Waals surface area contributed by atoms with Crippen LogP contribution in [0.4, 0.5) is 10.1 Å². The average Bonchev–Trinajstić information content (AvgIpc) is 2.66. The summed E-state index contributed by atoms with van der Waals surface area (Å²) in [6.45, 7) is -0.784. The Kier molecular flexibility index (Phi) is 5.43. The molecular formula is C20H16FNO4. The van der Waals surface area contributed by atoms with E-state index in [0.717, 1.165) is 10.8 Å². The Balaban J connectivity index is 1.45. The maximum atomic E-state index is 12.8. The number of ether oxygens (including phenoxy) is 2. The number of esters is 1. The second kappa shape index (κ2) is 8.11. The molecule has 0 aliphatic heterocycles. The predicted octanol–water partition coefficient (Wildman–Crippen LogP) is 3.54. The molecule has 0 spiro atoms. The first kappa shape index (κ1) is 17.4. The zero-order valence-corrected chi connectivity index (χ0v) is 13.8. The Labute approximate surface area is 149 Å². The molecule has 26 heavy (non-hydrogen) atoms. The van der Waals surface area contributed by atoms with Gasteiger partial charge in [0, 0.05) is 5.69 Å². The van der Waals surface area contributed by atoms with Gasteiger partial charge in [0.05, 0.1) is 0 Å². The molecule has 0 saturated heterocycles. The highest BCUT2D eigenvalue weighted by Crippen LogP contribution is 2.18. The standard InChI is InChI=1S/C20H16FNO4/c21-16-6-9-18(10-7-16)25-13-20(24)26-12-19(23)22-17-8-5-14-3-1-2-4-15(14)11-17/h1-11H,12-13H2,(H,22,23). The molecule has 132 valence electrons. The van der Waals surface area contributed by atoms with Crippen LogP contribution in [0.3, 0.4) is 0 Å². The molecule has 3 aromatic rings. The average molecular weight is 353 g/mol. The van der Waals surface area contributed by atoms with Crippen LogP contribution in [0, 0.1) is 5.82 Å². The van der Waals surface area contributed by atoms with Crippen LogP contribution in [0.2, 0.25) is 0 Å². The normalized spacial score (nSPS) is 10.3. The van der Waals surface area contributed by atoms with Crippen molar-refractivity contribution in [3.63, 3.8) is 0 Å². The molecule has 3 rings (SSSR count). The monoisotopic (exact) mass is 353 g/mol. The molecule has 0 aliphatic carbocycles. The summed E-state index contributed by atoms with van der Waals surface area (Å²) >= 11 is 0. The Hall–Kier alpha value is -3.41. The maximum Gasteiger partial charge on any atom is 0.344 e. The second-order valence-electron chi connectivity index (χ2n) is 5.51. The maximum absolute atomic E-state index is 12.8. The van der Waals surface area contributed by atoms with Crippen molar-refractivity contribution in [2.24, 2.45) is 0 Å². The third-order valence-corrected chi connectivity index (χ3v) is 3.57. The number of carbonyl (C=O) groups is 2. The van der Waals surface area contributed by atoms with Crippen LogP contribution >= 0.6 is 0 Å². The predicted molar refractivity (Wildman–Crippen MR) is 95.4 cm³/mol. The van der Waals surface area contributed by atoms with Gasteiger partial charge < -0.3 is 14.8 Å². The lowest BCUT2D eigenvalue weighted by Crippen LogP contribution is -2.23. The number of benzene rings is 3. The SMILES string of the molecule is O=C(COC(=O)COc1ccc(F)cc1)Nc1ccc2ccccc2c1. The van der Waals surface area contributed by atoms with Gasteiger partial charge in [-0.2, -0.15) is 0 Å². The Morgan fingerprint density at radius 3 is 2.38 bits per heavy atom. The van der Waals surface area contributed by atoms with Gasteiger partial charge in [-0.05, 0) is 47.2 Å². The quantitative estimate of drug-likeness (QED) is 0.689. The first-order valence-corrected chi connectivity index (χ1v) is 7.93. The van der Waals surface area contributed by atoms with E-state index in [1.807, 2.05) is 36.4 Å². The lowest BCUT2D eigenvalue weighted by Gasteiger charge is -2.08. The van der Waals surface area contributed by atoms with E-state index in [2.05, 4.69) is 5.32 Å². The van der Waals surface area contributed by atoms with Crippen LogP contribution in [0.5, 0.6) is 5.75 Å². The van der Waals surface area contributed by atoms with Crippen LogP contribution in [0.1, 0.15) is 0 Å². The summed E-state index contributed by atoms with van der Waals surface area (Å²) in [5, 5.41) is 4.73. The topological polar surface area (TPSA) is 64.6 Å². The van der Waals surface area contributed by atoms with Crippen LogP contribution in [0.25, 0.3) is 10.8 Å². The number of hydrogen-bond donors (Lipinski definition) is 1. The molecule has 0 unspecified atom stereocenters. The first-order chi connectivity index (χ1) is 12.6. The zero-order chi connectivity index (χ0) is 18.4. The summed E-state index contributed by atoms with van der Waals surface area (Å²) in [4.78, 5) is 23.5. The van der Waals surface area contributed by atoms with E-state index in [4.69, 9.17) is 9.47 Å². The zero-order valence-electron chi connectivity index (χ0n) is 13.8. The van der Waals surface area contributed by atoms with Crippen molar-refractivity contribution in [2.75, 3.05) is 18.5 Å². The molecule has 0 radical (unpaired) electrons. The van der Waals surface area contributed by atoms with Gasteiger partial charge in [0.15, 0.2) is 13.2 Å². The lowest BCUT2D eigenvalue weighted by molar-refractivity contribution is -0.149. The minimum atomic E-state index is -0.692. The molecule has 0 fully saturated rings. The molecule has 5 nitrogen and oxygen atoms in total. The largest absolute Gasteiger partial charge is 0.482 e. The molecule has 0 heterocycles. The summed E-state index contributed by atoms with van der Waals surface area (Å²) in [6.07, 6.45) is 0. The molecule has 6 heteroatoms. The lowest BCUT2D eigenvalue weighted by atomic mass is 10.1. The van der Waals surface area contributed by atoms with E-state index in [1.54, 1.807) is 6.07 Å². The number of halogens is 1. The van der Waals surface area contributed by atoms with Gasteiger partial charge in [-0.15, -0.1) is 0 Å². The summed E-state index contributed by atoms with van der Waals surface area (Å²) < 4.78 is 22.8. The highest BCUT2D eigenvalue weighted by molar-refractivity contribution is 5.95. The third kappa shape index (κ3) is 4.80. The fourth-order valence-electron chi connectivity index (χ4n) is 2.32. The summed E-state index contributed by atoms with van der Waals surface area (Å²) in [6, 6.07) is 18.5. The first-order valence-electron chi connectivity index (χ1n) is 7.93. The molecule has 0 bridgehead atoms. The van der Waals surface area contributed by atoms with E-state index in [-0.39, 0.29) is 6.61 Å². The van der Waals surface area contributed by atoms with E-state index in [1.165, 1.54) is 24.3 Å². The van der Waals surface area contributed by atoms with Crippen molar-refractivity contribution in [1.82, 2.24) is 0 Å². The van der Waals surface area contributed by atoms with Gasteiger partial charge in [0.25, 0.3) is 5.91 Å². The number of hydrogen-bond acceptors (Lipinski definition) is 4. The molecule has 0 atom stereocenters. The molecule has 0 aromatic heterocycles.